The minimum absolute atomic E-state index is 0.0246. The second-order valence-electron chi connectivity index (χ2n) is 7.49. The van der Waals surface area contributed by atoms with E-state index in [4.69, 9.17) is 20.9 Å². The van der Waals surface area contributed by atoms with Gasteiger partial charge in [-0.2, -0.15) is 0 Å². The molecule has 0 aliphatic rings. The molecule has 0 saturated carbocycles. The maximum atomic E-state index is 12.9. The number of nitrogens with two attached hydrogens (primary N) is 2. The number of aliphatic imine (C=N–C) groups is 1. The molecule has 0 fully saturated rings. The molecule has 0 radical (unpaired) electrons. The van der Waals surface area contributed by atoms with E-state index in [1.165, 1.54) is 26.4 Å². The summed E-state index contributed by atoms with van der Waals surface area (Å²) in [6.07, 6.45) is 2.71. The summed E-state index contributed by atoms with van der Waals surface area (Å²) in [6, 6.07) is 7.35. The van der Waals surface area contributed by atoms with E-state index in [-0.39, 0.29) is 10.9 Å². The van der Waals surface area contributed by atoms with Crippen LogP contribution in [0.3, 0.4) is 0 Å². The van der Waals surface area contributed by atoms with Gasteiger partial charge in [0.2, 0.25) is 0 Å². The first-order chi connectivity index (χ1) is 15.7. The number of hydrogen-bond acceptors (Lipinski definition) is 7. The van der Waals surface area contributed by atoms with Crippen molar-refractivity contribution in [2.75, 3.05) is 27.3 Å². The van der Waals surface area contributed by atoms with Crippen molar-refractivity contribution < 1.29 is 22.7 Å². The van der Waals surface area contributed by atoms with Crippen LogP contribution in [0.2, 0.25) is 0 Å². The molecule has 2 aromatic carbocycles. The number of hydrogen-bond donors (Lipinski definition) is 4. The number of nitrogens with zero attached hydrogens (tertiary/aromatic N) is 1. The van der Waals surface area contributed by atoms with Gasteiger partial charge in [-0.3, -0.25) is 9.79 Å². The molecule has 11 heteroatoms. The first-order valence-corrected chi connectivity index (χ1v) is 12.2. The van der Waals surface area contributed by atoms with Gasteiger partial charge in [0.05, 0.1) is 25.2 Å². The topological polar surface area (TPSA) is 158 Å². The highest BCUT2D eigenvalue weighted by molar-refractivity contribution is 7.90. The Labute approximate surface area is 194 Å². The average Bonchev–Trinajstić information content (AvgIpc) is 2.78. The lowest BCUT2D eigenvalue weighted by molar-refractivity contribution is -0.121. The Bertz CT molecular complexity index is 1080. The summed E-state index contributed by atoms with van der Waals surface area (Å²) in [4.78, 5) is 16.7. The number of unbranched alkanes of at least 4 members (excludes halogenated alkanes) is 1. The first kappa shape index (κ1) is 26.2. The van der Waals surface area contributed by atoms with Gasteiger partial charge in [0.1, 0.15) is 0 Å². The molecule has 0 spiro atoms. The third-order valence-electron chi connectivity index (χ3n) is 5.04. The van der Waals surface area contributed by atoms with Gasteiger partial charge in [0, 0.05) is 6.54 Å². The van der Waals surface area contributed by atoms with Crippen LogP contribution in [0.25, 0.3) is 10.8 Å². The van der Waals surface area contributed by atoms with Crippen LogP contribution in [-0.4, -0.2) is 53.6 Å². The Morgan fingerprint density at radius 2 is 1.73 bits per heavy atom. The molecule has 1 amide bonds. The summed E-state index contributed by atoms with van der Waals surface area (Å²) in [5.41, 5.74) is 10.7. The van der Waals surface area contributed by atoms with Crippen molar-refractivity contribution in [3.05, 3.63) is 30.3 Å². The van der Waals surface area contributed by atoms with Crippen LogP contribution in [0, 0.1) is 0 Å². The van der Waals surface area contributed by atoms with Crippen molar-refractivity contribution in [2.45, 2.75) is 43.5 Å². The van der Waals surface area contributed by atoms with Gasteiger partial charge >= 0.3 is 0 Å². The molecule has 10 nitrogen and oxygen atoms in total. The summed E-state index contributed by atoms with van der Waals surface area (Å²) in [5, 5.41) is 4.53. The van der Waals surface area contributed by atoms with Crippen LogP contribution in [0.15, 0.2) is 40.2 Å². The van der Waals surface area contributed by atoms with Gasteiger partial charge in [0.25, 0.3) is 15.9 Å². The lowest BCUT2D eigenvalue weighted by Crippen LogP contribution is -2.46. The van der Waals surface area contributed by atoms with Gasteiger partial charge < -0.3 is 26.3 Å². The molecule has 0 aliphatic carbocycles. The Balaban J connectivity index is 2.21. The van der Waals surface area contributed by atoms with Gasteiger partial charge in [-0.15, -0.1) is 0 Å². The molecule has 0 unspecified atom stereocenters. The number of ether oxygens (including phenoxy) is 2. The molecule has 33 heavy (non-hydrogen) atoms. The number of rotatable bonds is 13. The fourth-order valence-corrected chi connectivity index (χ4v) is 4.32. The van der Waals surface area contributed by atoms with E-state index in [1.807, 2.05) is 6.92 Å². The third kappa shape index (κ3) is 7.50. The smallest absolute Gasteiger partial charge is 0.264 e. The maximum Gasteiger partial charge on any atom is 0.264 e. The molecular weight excluding hydrogens is 446 g/mol. The van der Waals surface area contributed by atoms with Crippen molar-refractivity contribution in [1.29, 1.82) is 0 Å². The van der Waals surface area contributed by atoms with E-state index in [0.717, 1.165) is 18.2 Å². The van der Waals surface area contributed by atoms with Crippen LogP contribution < -0.4 is 31.0 Å². The van der Waals surface area contributed by atoms with Crippen LogP contribution in [0.1, 0.15) is 32.6 Å². The minimum Gasteiger partial charge on any atom is -0.493 e. The highest BCUT2D eigenvalue weighted by Gasteiger charge is 2.24. The SMILES string of the molecule is CCCCN[C@@H](CCCN=C(N)N)C(=O)NS(=O)(=O)c1ccc2cc(OC)c(OC)cc2c1. The number of benzene rings is 2. The molecule has 2 aromatic rings. The van der Waals surface area contributed by atoms with E-state index >= 15 is 0 Å². The molecule has 2 rings (SSSR count). The number of guanidine groups is 1. The summed E-state index contributed by atoms with van der Waals surface area (Å²) in [5.74, 6) is 0.367. The highest BCUT2D eigenvalue weighted by atomic mass is 32.2. The van der Waals surface area contributed by atoms with Crippen molar-refractivity contribution >= 4 is 32.7 Å². The Morgan fingerprint density at radius 1 is 1.06 bits per heavy atom. The lowest BCUT2D eigenvalue weighted by Gasteiger charge is -2.18. The van der Waals surface area contributed by atoms with E-state index in [1.54, 1.807) is 18.2 Å². The summed E-state index contributed by atoms with van der Waals surface area (Å²) in [7, 11) is -1.05. The van der Waals surface area contributed by atoms with Crippen LogP contribution in [-0.2, 0) is 14.8 Å². The fraction of sp³-hybridized carbons (Fsp3) is 0.455. The Morgan fingerprint density at radius 3 is 2.33 bits per heavy atom. The molecule has 1 atom stereocenters. The minimum atomic E-state index is -4.09. The molecule has 6 N–H and O–H groups in total. The van der Waals surface area contributed by atoms with Crippen molar-refractivity contribution in [3.63, 3.8) is 0 Å². The molecule has 0 bridgehead atoms. The Hall–Kier alpha value is -3.05. The van der Waals surface area contributed by atoms with Gasteiger partial charge in [0.15, 0.2) is 17.5 Å². The number of methoxy groups -OCH3 is 2. The van der Waals surface area contributed by atoms with E-state index in [9.17, 15) is 13.2 Å². The quantitative estimate of drug-likeness (QED) is 0.191. The second kappa shape index (κ2) is 12.3. The zero-order valence-electron chi connectivity index (χ0n) is 19.3. The number of nitrogens with one attached hydrogen (secondary N) is 2. The predicted octanol–water partition coefficient (Wildman–Crippen LogP) is 1.47. The van der Waals surface area contributed by atoms with Gasteiger partial charge in [-0.05, 0) is 60.8 Å². The number of amides is 1. The number of carbonyl (C=O) groups is 1. The first-order valence-electron chi connectivity index (χ1n) is 10.7. The van der Waals surface area contributed by atoms with Crippen LogP contribution >= 0.6 is 0 Å². The number of sulfonamides is 1. The zero-order valence-corrected chi connectivity index (χ0v) is 20.1. The predicted molar refractivity (Wildman–Crippen MR) is 129 cm³/mol. The Kier molecular flexibility index (Phi) is 9.74. The molecular formula is C22H33N5O5S. The molecule has 0 aromatic heterocycles. The third-order valence-corrected chi connectivity index (χ3v) is 6.39. The molecule has 0 heterocycles. The molecule has 0 saturated heterocycles. The van der Waals surface area contributed by atoms with E-state index in [2.05, 4.69) is 15.0 Å². The van der Waals surface area contributed by atoms with Gasteiger partial charge in [-0.1, -0.05) is 19.4 Å². The summed E-state index contributed by atoms with van der Waals surface area (Å²) < 4.78 is 38.7. The van der Waals surface area contributed by atoms with Crippen molar-refractivity contribution in [1.82, 2.24) is 10.0 Å². The van der Waals surface area contributed by atoms with Crippen molar-refractivity contribution in [2.24, 2.45) is 16.5 Å². The van der Waals surface area contributed by atoms with Crippen molar-refractivity contribution in [3.8, 4) is 11.5 Å². The monoisotopic (exact) mass is 479 g/mol. The zero-order chi connectivity index (χ0) is 24.4. The lowest BCUT2D eigenvalue weighted by atomic mass is 10.1. The maximum absolute atomic E-state index is 12.9. The number of fused-ring (bicyclic) bond motifs is 1. The second-order valence-corrected chi connectivity index (χ2v) is 9.18. The normalized spacial score (nSPS) is 12.2. The standard InChI is InChI=1S/C22H33N5O5S/c1-4-5-10-25-18(7-6-11-26-22(23)24)21(28)27-33(29,30)17-9-8-15-13-19(31-2)20(32-3)14-16(15)12-17/h8-9,12-14,18,25H,4-7,10-11H2,1-3H3,(H,27,28)(H4,23,24,26)/t18-/m0/s1. The van der Waals surface area contributed by atoms with E-state index < -0.39 is 22.0 Å². The largest absolute Gasteiger partial charge is 0.493 e. The molecule has 182 valence electrons. The van der Waals surface area contributed by atoms with Crippen LogP contribution in [0.5, 0.6) is 11.5 Å². The summed E-state index contributed by atoms with van der Waals surface area (Å²) >= 11 is 0. The van der Waals surface area contributed by atoms with Crippen LogP contribution in [0.4, 0.5) is 0 Å². The number of carbonyl (C=O) groups excluding carboxylic acids is 1. The highest BCUT2D eigenvalue weighted by Crippen LogP contribution is 2.33. The van der Waals surface area contributed by atoms with E-state index in [0.29, 0.717) is 42.8 Å². The average molecular weight is 480 g/mol. The van der Waals surface area contributed by atoms with Gasteiger partial charge in [-0.25, -0.2) is 13.1 Å². The fourth-order valence-electron chi connectivity index (χ4n) is 3.27. The molecule has 0 aliphatic heterocycles. The summed E-state index contributed by atoms with van der Waals surface area (Å²) in [6.45, 7) is 2.98.